The summed E-state index contributed by atoms with van der Waals surface area (Å²) in [6.45, 7) is 4.79. The maximum Gasteiger partial charge on any atom is 0.267 e. The molecule has 1 fully saturated rings. The zero-order valence-electron chi connectivity index (χ0n) is 15.8. The summed E-state index contributed by atoms with van der Waals surface area (Å²) in [6.07, 6.45) is 0.899. The van der Waals surface area contributed by atoms with Gasteiger partial charge in [0.05, 0.1) is 0 Å². The van der Waals surface area contributed by atoms with Gasteiger partial charge >= 0.3 is 0 Å². The molecule has 6 heteroatoms. The van der Waals surface area contributed by atoms with E-state index in [9.17, 15) is 13.6 Å². The Morgan fingerprint density at radius 3 is 2.75 bits per heavy atom. The van der Waals surface area contributed by atoms with Crippen LogP contribution in [0.25, 0.3) is 10.9 Å². The predicted octanol–water partition coefficient (Wildman–Crippen LogP) is 4.20. The van der Waals surface area contributed by atoms with Crippen molar-refractivity contribution in [2.45, 2.75) is 19.9 Å². The molecule has 2 aromatic carbocycles. The highest BCUT2D eigenvalue weighted by molar-refractivity contribution is 5.98. The standard InChI is InChI=1S/C22H23F2N3O/c1-2-27-20-6-4-3-5-16(20)11-21(27)22(28)25-13-15-9-10-26(14-15)17-7-8-18(23)19(24)12-17/h3-8,11-12,15H,2,9-10,13-14H2,1H3,(H,25,28)/t15-/m0/s1. The van der Waals surface area contributed by atoms with Crippen LogP contribution in [0.5, 0.6) is 0 Å². The van der Waals surface area contributed by atoms with Crippen molar-refractivity contribution in [3.05, 3.63) is 65.9 Å². The number of benzene rings is 2. The maximum atomic E-state index is 13.5. The molecule has 4 nitrogen and oxygen atoms in total. The van der Waals surface area contributed by atoms with Crippen LogP contribution in [0.3, 0.4) is 0 Å². The molecule has 2 heterocycles. The normalized spacial score (nSPS) is 16.7. The molecule has 1 amide bonds. The lowest BCUT2D eigenvalue weighted by Gasteiger charge is -2.19. The number of hydrogen-bond acceptors (Lipinski definition) is 2. The molecule has 0 bridgehead atoms. The van der Waals surface area contributed by atoms with Crippen molar-refractivity contribution < 1.29 is 13.6 Å². The monoisotopic (exact) mass is 383 g/mol. The first-order chi connectivity index (χ1) is 13.6. The van der Waals surface area contributed by atoms with Gasteiger partial charge in [-0.3, -0.25) is 4.79 Å². The fourth-order valence-corrected chi connectivity index (χ4v) is 3.98. The van der Waals surface area contributed by atoms with Crippen molar-refractivity contribution in [2.75, 3.05) is 24.5 Å². The first-order valence-corrected chi connectivity index (χ1v) is 9.63. The summed E-state index contributed by atoms with van der Waals surface area (Å²) < 4.78 is 28.6. The average molecular weight is 383 g/mol. The Bertz CT molecular complexity index is 1010. The molecule has 1 saturated heterocycles. The number of aryl methyl sites for hydroxylation is 1. The number of halogens is 2. The number of hydrogen-bond donors (Lipinski definition) is 1. The molecule has 0 unspecified atom stereocenters. The number of para-hydroxylation sites is 1. The maximum absolute atomic E-state index is 13.5. The van der Waals surface area contributed by atoms with Gasteiger partial charge in [-0.15, -0.1) is 0 Å². The Morgan fingerprint density at radius 2 is 1.96 bits per heavy atom. The van der Waals surface area contributed by atoms with E-state index >= 15 is 0 Å². The summed E-state index contributed by atoms with van der Waals surface area (Å²) in [4.78, 5) is 14.8. The van der Waals surface area contributed by atoms with E-state index in [1.54, 1.807) is 6.07 Å². The van der Waals surface area contributed by atoms with Gasteiger partial charge in [-0.25, -0.2) is 8.78 Å². The molecule has 4 rings (SSSR count). The van der Waals surface area contributed by atoms with Gasteiger partial charge in [-0.1, -0.05) is 18.2 Å². The summed E-state index contributed by atoms with van der Waals surface area (Å²) in [5, 5.41) is 4.10. The minimum Gasteiger partial charge on any atom is -0.371 e. The number of nitrogens with one attached hydrogen (secondary N) is 1. The molecular formula is C22H23F2N3O. The molecule has 28 heavy (non-hydrogen) atoms. The van der Waals surface area contributed by atoms with Crippen molar-refractivity contribution in [3.63, 3.8) is 0 Å². The third-order valence-electron chi connectivity index (χ3n) is 5.46. The molecule has 1 N–H and O–H groups in total. The summed E-state index contributed by atoms with van der Waals surface area (Å²) in [6, 6.07) is 13.9. The highest BCUT2D eigenvalue weighted by Crippen LogP contribution is 2.25. The van der Waals surface area contributed by atoms with Gasteiger partial charge in [0.15, 0.2) is 11.6 Å². The second-order valence-electron chi connectivity index (χ2n) is 7.24. The third-order valence-corrected chi connectivity index (χ3v) is 5.46. The van der Waals surface area contributed by atoms with Crippen LogP contribution in [-0.2, 0) is 6.54 Å². The van der Waals surface area contributed by atoms with E-state index in [1.165, 1.54) is 6.07 Å². The lowest BCUT2D eigenvalue weighted by molar-refractivity contribution is 0.0939. The number of rotatable bonds is 5. The minimum atomic E-state index is -0.835. The van der Waals surface area contributed by atoms with E-state index in [0.717, 1.165) is 36.5 Å². The van der Waals surface area contributed by atoms with Crippen LogP contribution in [0.15, 0.2) is 48.5 Å². The fourth-order valence-electron chi connectivity index (χ4n) is 3.98. The van der Waals surface area contributed by atoms with E-state index in [2.05, 4.69) is 5.32 Å². The van der Waals surface area contributed by atoms with Crippen molar-refractivity contribution in [3.8, 4) is 0 Å². The van der Waals surface area contributed by atoms with Gasteiger partial charge in [0.25, 0.3) is 5.91 Å². The van der Waals surface area contributed by atoms with Crippen molar-refractivity contribution in [2.24, 2.45) is 5.92 Å². The van der Waals surface area contributed by atoms with Gasteiger partial charge in [-0.2, -0.15) is 0 Å². The average Bonchev–Trinajstić information content (AvgIpc) is 3.32. The molecular weight excluding hydrogens is 360 g/mol. The summed E-state index contributed by atoms with van der Waals surface area (Å²) >= 11 is 0. The first kappa shape index (κ1) is 18.5. The molecule has 0 radical (unpaired) electrons. The summed E-state index contributed by atoms with van der Waals surface area (Å²) in [7, 11) is 0. The Morgan fingerprint density at radius 1 is 1.14 bits per heavy atom. The molecule has 1 aliphatic rings. The predicted molar refractivity (Wildman–Crippen MR) is 107 cm³/mol. The zero-order chi connectivity index (χ0) is 19.7. The Kier molecular flexibility index (Phi) is 5.03. The van der Waals surface area contributed by atoms with Crippen LogP contribution in [0.4, 0.5) is 14.5 Å². The second-order valence-corrected chi connectivity index (χ2v) is 7.24. The third kappa shape index (κ3) is 3.46. The molecule has 0 saturated carbocycles. The SMILES string of the molecule is CCn1c(C(=O)NC[C@@H]2CCN(c3ccc(F)c(F)c3)C2)cc2ccccc21. The van der Waals surface area contributed by atoms with Crippen LogP contribution in [0, 0.1) is 17.6 Å². The molecule has 1 aliphatic heterocycles. The van der Waals surface area contributed by atoms with Crippen LogP contribution in [-0.4, -0.2) is 30.1 Å². The number of aromatic nitrogens is 1. The second kappa shape index (κ2) is 7.62. The number of carbonyl (C=O) groups is 1. The molecule has 0 spiro atoms. The van der Waals surface area contributed by atoms with E-state index in [4.69, 9.17) is 0 Å². The van der Waals surface area contributed by atoms with E-state index < -0.39 is 11.6 Å². The van der Waals surface area contributed by atoms with Crippen LogP contribution in [0.1, 0.15) is 23.8 Å². The first-order valence-electron chi connectivity index (χ1n) is 9.63. The van der Waals surface area contributed by atoms with Gasteiger partial charge in [-0.05, 0) is 43.5 Å². The van der Waals surface area contributed by atoms with Gasteiger partial charge in [0.2, 0.25) is 0 Å². The number of fused-ring (bicyclic) bond motifs is 1. The van der Waals surface area contributed by atoms with Gasteiger partial charge < -0.3 is 14.8 Å². The van der Waals surface area contributed by atoms with E-state index in [0.29, 0.717) is 24.5 Å². The topological polar surface area (TPSA) is 37.3 Å². The quantitative estimate of drug-likeness (QED) is 0.717. The van der Waals surface area contributed by atoms with Crippen LogP contribution < -0.4 is 10.2 Å². The molecule has 3 aromatic rings. The number of anilines is 1. The number of nitrogens with zero attached hydrogens (tertiary/aromatic N) is 2. The number of carbonyl (C=O) groups excluding carboxylic acids is 1. The lowest BCUT2D eigenvalue weighted by Crippen LogP contribution is -2.32. The van der Waals surface area contributed by atoms with Crippen LogP contribution in [0.2, 0.25) is 0 Å². The van der Waals surface area contributed by atoms with Crippen molar-refractivity contribution in [1.82, 2.24) is 9.88 Å². The number of amides is 1. The molecule has 1 aromatic heterocycles. The fraction of sp³-hybridized carbons (Fsp3) is 0.318. The van der Waals surface area contributed by atoms with E-state index in [-0.39, 0.29) is 11.8 Å². The van der Waals surface area contributed by atoms with Gasteiger partial charge in [0.1, 0.15) is 5.69 Å². The summed E-state index contributed by atoms with van der Waals surface area (Å²) in [5.74, 6) is -1.47. The molecule has 146 valence electrons. The molecule has 0 aliphatic carbocycles. The van der Waals surface area contributed by atoms with Crippen LogP contribution >= 0.6 is 0 Å². The zero-order valence-corrected chi connectivity index (χ0v) is 15.8. The molecule has 1 atom stereocenters. The largest absolute Gasteiger partial charge is 0.371 e. The lowest BCUT2D eigenvalue weighted by atomic mass is 10.1. The van der Waals surface area contributed by atoms with E-state index in [1.807, 2.05) is 46.7 Å². The van der Waals surface area contributed by atoms with Crippen molar-refractivity contribution in [1.29, 1.82) is 0 Å². The Balaban J connectivity index is 1.40. The highest BCUT2D eigenvalue weighted by atomic mass is 19.2. The Labute approximate surface area is 162 Å². The Hall–Kier alpha value is -2.89. The minimum absolute atomic E-state index is 0.0793. The summed E-state index contributed by atoms with van der Waals surface area (Å²) in [5.41, 5.74) is 2.40. The van der Waals surface area contributed by atoms with Crippen molar-refractivity contribution >= 4 is 22.5 Å². The smallest absolute Gasteiger partial charge is 0.267 e. The highest BCUT2D eigenvalue weighted by Gasteiger charge is 2.24. The van der Waals surface area contributed by atoms with Gasteiger partial charge in [0, 0.05) is 48.8 Å².